The third kappa shape index (κ3) is 3.66. The molecule has 21 heavy (non-hydrogen) atoms. The van der Waals surface area contributed by atoms with Gasteiger partial charge in [-0.25, -0.2) is 15.8 Å². The van der Waals surface area contributed by atoms with Gasteiger partial charge in [-0.2, -0.15) is 0 Å². The summed E-state index contributed by atoms with van der Waals surface area (Å²) < 4.78 is 0. The second-order valence-corrected chi connectivity index (χ2v) is 4.98. The number of rotatable bonds is 6. The van der Waals surface area contributed by atoms with E-state index in [9.17, 15) is 0 Å². The summed E-state index contributed by atoms with van der Waals surface area (Å²) >= 11 is 0. The molecular formula is C15H22N6. The van der Waals surface area contributed by atoms with Crippen molar-refractivity contribution in [1.29, 1.82) is 0 Å². The third-order valence-corrected chi connectivity index (χ3v) is 3.34. The number of nitrogens with zero attached hydrogens (tertiary/aromatic N) is 3. The second kappa shape index (κ2) is 6.99. The molecule has 2 heterocycles. The normalized spacial score (nSPS) is 10.5. The van der Waals surface area contributed by atoms with Gasteiger partial charge in [-0.1, -0.05) is 13.0 Å². The zero-order chi connectivity index (χ0) is 15.2. The molecule has 6 nitrogen and oxygen atoms in total. The van der Waals surface area contributed by atoms with E-state index >= 15 is 0 Å². The van der Waals surface area contributed by atoms with Crippen molar-refractivity contribution in [3.8, 4) is 0 Å². The minimum Gasteiger partial charge on any atom is -0.364 e. The Balaban J connectivity index is 2.22. The minimum absolute atomic E-state index is 0.625. The van der Waals surface area contributed by atoms with E-state index < -0.39 is 0 Å². The van der Waals surface area contributed by atoms with Crippen LogP contribution < -0.4 is 16.6 Å². The van der Waals surface area contributed by atoms with Crippen LogP contribution in [-0.2, 0) is 13.0 Å². The van der Waals surface area contributed by atoms with Crippen molar-refractivity contribution < 1.29 is 0 Å². The van der Waals surface area contributed by atoms with Gasteiger partial charge in [0.05, 0.1) is 12.2 Å². The third-order valence-electron chi connectivity index (χ3n) is 3.34. The smallest absolute Gasteiger partial charge is 0.148 e. The molecule has 0 amide bonds. The fraction of sp³-hybridized carbons (Fsp3) is 0.400. The van der Waals surface area contributed by atoms with Crippen LogP contribution in [-0.4, -0.2) is 15.0 Å². The summed E-state index contributed by atoms with van der Waals surface area (Å²) in [6, 6.07) is 3.98. The van der Waals surface area contributed by atoms with Gasteiger partial charge in [0.25, 0.3) is 0 Å². The van der Waals surface area contributed by atoms with E-state index in [2.05, 4.69) is 32.6 Å². The van der Waals surface area contributed by atoms with Crippen LogP contribution in [0.2, 0.25) is 0 Å². The average Bonchev–Trinajstić information content (AvgIpc) is 2.49. The van der Waals surface area contributed by atoms with Crippen molar-refractivity contribution in [2.24, 2.45) is 5.84 Å². The van der Waals surface area contributed by atoms with Gasteiger partial charge in [-0.15, -0.1) is 0 Å². The highest BCUT2D eigenvalue weighted by molar-refractivity contribution is 5.56. The number of anilines is 2. The van der Waals surface area contributed by atoms with Crippen LogP contribution in [0.3, 0.4) is 0 Å². The highest BCUT2D eigenvalue weighted by atomic mass is 15.3. The predicted octanol–water partition coefficient (Wildman–Crippen LogP) is 2.34. The van der Waals surface area contributed by atoms with Crippen molar-refractivity contribution in [2.45, 2.75) is 40.2 Å². The number of hydrogen-bond donors (Lipinski definition) is 3. The number of hydrogen-bond acceptors (Lipinski definition) is 6. The SMILES string of the molecule is CCCc1nc(NN)c(C)c(NCc2ncccc2C)n1. The molecule has 0 aliphatic heterocycles. The van der Waals surface area contributed by atoms with E-state index in [0.29, 0.717) is 12.4 Å². The second-order valence-electron chi connectivity index (χ2n) is 4.98. The first kappa shape index (κ1) is 15.2. The van der Waals surface area contributed by atoms with Crippen molar-refractivity contribution >= 4 is 11.6 Å². The molecule has 0 spiro atoms. The maximum Gasteiger partial charge on any atom is 0.148 e. The first-order valence-corrected chi connectivity index (χ1v) is 7.14. The summed E-state index contributed by atoms with van der Waals surface area (Å²) in [5.74, 6) is 7.78. The molecule has 0 aliphatic rings. The van der Waals surface area contributed by atoms with Gasteiger partial charge >= 0.3 is 0 Å². The Hall–Kier alpha value is -2.21. The molecule has 0 atom stereocenters. The Morgan fingerprint density at radius 3 is 2.62 bits per heavy atom. The lowest BCUT2D eigenvalue weighted by Gasteiger charge is -2.14. The van der Waals surface area contributed by atoms with Crippen LogP contribution in [0.15, 0.2) is 18.3 Å². The van der Waals surface area contributed by atoms with Gasteiger partial charge in [-0.3, -0.25) is 4.98 Å². The van der Waals surface area contributed by atoms with Gasteiger partial charge < -0.3 is 10.7 Å². The van der Waals surface area contributed by atoms with E-state index in [1.807, 2.05) is 26.0 Å². The number of nitrogen functional groups attached to an aromatic ring is 1. The zero-order valence-corrected chi connectivity index (χ0v) is 12.8. The van der Waals surface area contributed by atoms with Crippen LogP contribution in [0.5, 0.6) is 0 Å². The lowest BCUT2D eigenvalue weighted by atomic mass is 10.2. The molecule has 0 aromatic carbocycles. The molecule has 2 rings (SSSR count). The summed E-state index contributed by atoms with van der Waals surface area (Å²) in [6.45, 7) is 6.72. The lowest BCUT2D eigenvalue weighted by molar-refractivity contribution is 0.829. The Kier molecular flexibility index (Phi) is 5.05. The molecule has 0 saturated carbocycles. The molecule has 0 radical (unpaired) electrons. The molecule has 0 aliphatic carbocycles. The molecule has 0 unspecified atom stereocenters. The summed E-state index contributed by atoms with van der Waals surface area (Å²) in [5.41, 5.74) is 5.71. The van der Waals surface area contributed by atoms with Gasteiger partial charge in [-0.05, 0) is 31.9 Å². The Morgan fingerprint density at radius 2 is 1.95 bits per heavy atom. The molecule has 2 aromatic heterocycles. The Labute approximate surface area is 125 Å². The van der Waals surface area contributed by atoms with Gasteiger partial charge in [0.15, 0.2) is 0 Å². The number of nitrogens with one attached hydrogen (secondary N) is 2. The van der Waals surface area contributed by atoms with Crippen LogP contribution in [0.25, 0.3) is 0 Å². The van der Waals surface area contributed by atoms with E-state index in [1.54, 1.807) is 6.20 Å². The number of aryl methyl sites for hydroxylation is 2. The molecule has 2 aromatic rings. The number of nitrogens with two attached hydrogens (primary N) is 1. The van der Waals surface area contributed by atoms with Crippen LogP contribution in [0.4, 0.5) is 11.6 Å². The number of pyridine rings is 1. The number of hydrazine groups is 1. The van der Waals surface area contributed by atoms with E-state index in [0.717, 1.165) is 41.3 Å². The van der Waals surface area contributed by atoms with Gasteiger partial charge in [0, 0.05) is 18.2 Å². The van der Waals surface area contributed by atoms with Crippen molar-refractivity contribution in [2.75, 3.05) is 10.7 Å². The molecule has 6 heteroatoms. The monoisotopic (exact) mass is 286 g/mol. The molecular weight excluding hydrogens is 264 g/mol. The maximum atomic E-state index is 5.54. The lowest BCUT2D eigenvalue weighted by Crippen LogP contribution is -2.15. The van der Waals surface area contributed by atoms with E-state index in [4.69, 9.17) is 5.84 Å². The highest BCUT2D eigenvalue weighted by Crippen LogP contribution is 2.20. The quantitative estimate of drug-likeness (QED) is 0.558. The molecule has 112 valence electrons. The molecule has 0 bridgehead atoms. The Morgan fingerprint density at radius 1 is 1.19 bits per heavy atom. The van der Waals surface area contributed by atoms with E-state index in [-0.39, 0.29) is 0 Å². The average molecular weight is 286 g/mol. The summed E-state index contributed by atoms with van der Waals surface area (Å²) in [4.78, 5) is 13.4. The largest absolute Gasteiger partial charge is 0.364 e. The van der Waals surface area contributed by atoms with Crippen molar-refractivity contribution in [3.63, 3.8) is 0 Å². The molecule has 0 fully saturated rings. The van der Waals surface area contributed by atoms with Gasteiger partial charge in [0.1, 0.15) is 17.5 Å². The number of aromatic nitrogens is 3. The van der Waals surface area contributed by atoms with Gasteiger partial charge in [0.2, 0.25) is 0 Å². The summed E-state index contributed by atoms with van der Waals surface area (Å²) in [7, 11) is 0. The first-order valence-electron chi connectivity index (χ1n) is 7.14. The fourth-order valence-electron chi connectivity index (χ4n) is 2.08. The maximum absolute atomic E-state index is 5.54. The summed E-state index contributed by atoms with van der Waals surface area (Å²) in [6.07, 6.45) is 3.62. The molecule has 0 saturated heterocycles. The van der Waals surface area contributed by atoms with Crippen LogP contribution in [0.1, 0.15) is 36.0 Å². The van der Waals surface area contributed by atoms with Crippen LogP contribution in [0, 0.1) is 13.8 Å². The minimum atomic E-state index is 0.625. The zero-order valence-electron chi connectivity index (χ0n) is 12.8. The Bertz CT molecular complexity index is 611. The fourth-order valence-corrected chi connectivity index (χ4v) is 2.08. The van der Waals surface area contributed by atoms with E-state index in [1.165, 1.54) is 0 Å². The predicted molar refractivity (Wildman–Crippen MR) is 84.9 cm³/mol. The highest BCUT2D eigenvalue weighted by Gasteiger charge is 2.10. The van der Waals surface area contributed by atoms with Crippen LogP contribution >= 0.6 is 0 Å². The first-order chi connectivity index (χ1) is 10.2. The van der Waals surface area contributed by atoms with Crippen molar-refractivity contribution in [1.82, 2.24) is 15.0 Å². The standard InChI is InChI=1S/C15H22N6/c1-4-6-13-19-14(11(3)15(20-13)21-16)18-9-12-10(2)7-5-8-17-12/h5,7-8H,4,6,9,16H2,1-3H3,(H2,18,19,20,21). The topological polar surface area (TPSA) is 88.8 Å². The van der Waals surface area contributed by atoms with Crippen molar-refractivity contribution in [3.05, 3.63) is 41.0 Å². The summed E-state index contributed by atoms with van der Waals surface area (Å²) in [5, 5.41) is 3.33. The molecule has 4 N–H and O–H groups in total.